The second-order valence-corrected chi connectivity index (χ2v) is 12.3. The van der Waals surface area contributed by atoms with Crippen LogP contribution >= 0.6 is 7.75 Å². The lowest BCUT2D eigenvalue weighted by Gasteiger charge is -2.29. The highest BCUT2D eigenvalue weighted by molar-refractivity contribution is 7.52. The summed E-state index contributed by atoms with van der Waals surface area (Å²) in [5.74, 6) is -3.94. The van der Waals surface area contributed by atoms with Crippen LogP contribution in [0.4, 0.5) is 4.39 Å². The van der Waals surface area contributed by atoms with Crippen molar-refractivity contribution in [1.29, 1.82) is 0 Å². The van der Waals surface area contributed by atoms with Gasteiger partial charge in [0.1, 0.15) is 30.1 Å². The number of carbonyl (C=O) groups excluding carboxylic acids is 1. The average Bonchev–Trinajstić information content (AvgIpc) is 3.02. The predicted molar refractivity (Wildman–Crippen MR) is 136 cm³/mol. The maximum atomic E-state index is 15.9. The zero-order valence-electron chi connectivity index (χ0n) is 22.1. The normalized spacial score (nSPS) is 27.5. The summed E-state index contributed by atoms with van der Waals surface area (Å²) in [6.45, 7) is 6.69. The van der Waals surface area contributed by atoms with Crippen molar-refractivity contribution < 1.29 is 42.5 Å². The molecule has 6 atom stereocenters. The van der Waals surface area contributed by atoms with Crippen molar-refractivity contribution in [2.45, 2.75) is 64.4 Å². The van der Waals surface area contributed by atoms with Gasteiger partial charge in [0, 0.05) is 12.3 Å². The van der Waals surface area contributed by atoms with E-state index < -0.39 is 61.4 Å². The number of halogens is 1. The molecule has 0 saturated carbocycles. The minimum absolute atomic E-state index is 0.0501. The van der Waals surface area contributed by atoms with Crippen LogP contribution < -0.4 is 20.9 Å². The van der Waals surface area contributed by atoms with Gasteiger partial charge in [-0.05, 0) is 31.4 Å². The number of aliphatic hydroxyl groups is 2. The Balaban J connectivity index is 1.83. The predicted octanol–water partition coefficient (Wildman–Crippen LogP) is 1.61. The number of carbonyl (C=O) groups is 1. The van der Waals surface area contributed by atoms with Gasteiger partial charge < -0.3 is 24.2 Å². The number of hydrogen-bond donors (Lipinski definition) is 4. The van der Waals surface area contributed by atoms with Crippen molar-refractivity contribution in [2.24, 2.45) is 5.41 Å². The maximum absolute atomic E-state index is 15.9. The van der Waals surface area contributed by atoms with Gasteiger partial charge in [0.2, 0.25) is 0 Å². The Morgan fingerprint density at radius 3 is 2.51 bits per heavy atom. The molecule has 1 saturated heterocycles. The third-order valence-corrected chi connectivity index (χ3v) is 7.25. The first-order valence-electron chi connectivity index (χ1n) is 12.0. The van der Waals surface area contributed by atoms with E-state index in [9.17, 15) is 29.2 Å². The van der Waals surface area contributed by atoms with E-state index in [4.69, 9.17) is 18.5 Å². The fraction of sp³-hybridized carbons (Fsp3) is 0.542. The molecule has 3 rings (SSSR count). The molecule has 39 heavy (non-hydrogen) atoms. The van der Waals surface area contributed by atoms with E-state index in [2.05, 4.69) is 5.09 Å². The zero-order chi connectivity index (χ0) is 29.2. The van der Waals surface area contributed by atoms with Crippen molar-refractivity contribution in [2.75, 3.05) is 13.2 Å². The number of aromatic nitrogens is 2. The van der Waals surface area contributed by atoms with Gasteiger partial charge in [-0.15, -0.1) is 0 Å². The first-order chi connectivity index (χ1) is 18.0. The highest BCUT2D eigenvalue weighted by Crippen LogP contribution is 2.50. The Morgan fingerprint density at radius 1 is 1.28 bits per heavy atom. The summed E-state index contributed by atoms with van der Waals surface area (Å²) in [7, 11) is -4.57. The van der Waals surface area contributed by atoms with Gasteiger partial charge in [-0.25, -0.2) is 13.8 Å². The number of para-hydroxylation sites is 1. The lowest BCUT2D eigenvalue weighted by atomic mass is 9.95. The van der Waals surface area contributed by atoms with Crippen LogP contribution in [0, 0.1) is 5.41 Å². The van der Waals surface area contributed by atoms with E-state index in [0.29, 0.717) is 4.57 Å². The summed E-state index contributed by atoms with van der Waals surface area (Å²) in [6, 6.07) is 7.40. The van der Waals surface area contributed by atoms with E-state index in [1.807, 2.05) is 25.8 Å². The number of ether oxygens (including phenoxy) is 2. The summed E-state index contributed by atoms with van der Waals surface area (Å²) in [6.07, 6.45) is -3.16. The van der Waals surface area contributed by atoms with E-state index >= 15 is 4.39 Å². The number of hydrogen-bond acceptors (Lipinski definition) is 10. The molecule has 1 aliphatic heterocycles. The van der Waals surface area contributed by atoms with Crippen molar-refractivity contribution in [1.82, 2.24) is 14.6 Å². The SMILES string of the molecule is CC(NP(=O)(OCC1(F)O[C@@H](n2ccc(=O)[nH]c2=O)[C@](C)(O)[C@@H]1O)Oc1ccccc1)C(=O)OCC(C)(C)C. The molecule has 216 valence electrons. The number of benzene rings is 1. The molecule has 0 spiro atoms. The third kappa shape index (κ3) is 7.41. The monoisotopic (exact) mass is 573 g/mol. The van der Waals surface area contributed by atoms with Crippen LogP contribution in [0.2, 0.25) is 0 Å². The Hall–Kier alpha value is -2.87. The van der Waals surface area contributed by atoms with Crippen LogP contribution in [0.25, 0.3) is 0 Å². The lowest BCUT2D eigenvalue weighted by Crippen LogP contribution is -2.50. The summed E-state index contributed by atoms with van der Waals surface area (Å²) in [5, 5.41) is 23.8. The Kier molecular flexibility index (Phi) is 8.90. The summed E-state index contributed by atoms with van der Waals surface area (Å²) >= 11 is 0. The van der Waals surface area contributed by atoms with Gasteiger partial charge >= 0.3 is 19.4 Å². The quantitative estimate of drug-likeness (QED) is 0.240. The number of rotatable bonds is 10. The first kappa shape index (κ1) is 30.7. The van der Waals surface area contributed by atoms with E-state index in [1.54, 1.807) is 18.2 Å². The van der Waals surface area contributed by atoms with E-state index in [0.717, 1.165) is 19.2 Å². The van der Waals surface area contributed by atoms with Gasteiger partial charge in [0.25, 0.3) is 11.4 Å². The Labute approximate surface area is 223 Å². The number of esters is 1. The molecular formula is C24H33FN3O10P. The molecule has 2 heterocycles. The van der Waals surface area contributed by atoms with Gasteiger partial charge in [-0.1, -0.05) is 39.0 Å². The number of nitrogens with zero attached hydrogens (tertiary/aromatic N) is 1. The van der Waals surface area contributed by atoms with Crippen molar-refractivity contribution in [3.05, 3.63) is 63.4 Å². The fourth-order valence-electron chi connectivity index (χ4n) is 3.59. The van der Waals surface area contributed by atoms with Crippen LogP contribution in [0.5, 0.6) is 5.75 Å². The average molecular weight is 574 g/mol. The highest BCUT2D eigenvalue weighted by Gasteiger charge is 2.63. The maximum Gasteiger partial charge on any atom is 0.459 e. The van der Waals surface area contributed by atoms with Crippen molar-refractivity contribution in [3.8, 4) is 5.75 Å². The lowest BCUT2D eigenvalue weighted by molar-refractivity contribution is -0.204. The van der Waals surface area contributed by atoms with Crippen LogP contribution in [0.15, 0.2) is 52.2 Å². The first-order valence-corrected chi connectivity index (χ1v) is 13.5. The standard InChI is InChI=1S/C24H33FN3O10P/c1-15(18(30)35-13-22(2,3)4)27-39(34,38-16-9-7-6-8-10-16)36-14-24(25)19(31)23(5,33)20(37-24)28-12-11-17(29)26-21(28)32/h6-12,15,19-20,31,33H,13-14H2,1-5H3,(H,27,34)(H,26,29,32)/t15?,19-,20+,23+,24?,39?/m0/s1. The van der Waals surface area contributed by atoms with Crippen molar-refractivity contribution >= 4 is 13.7 Å². The van der Waals surface area contributed by atoms with Gasteiger partial charge in [-0.2, -0.15) is 5.09 Å². The summed E-state index contributed by atoms with van der Waals surface area (Å²) < 4.78 is 51.5. The molecular weight excluding hydrogens is 540 g/mol. The Bertz CT molecular complexity index is 1330. The number of alkyl halides is 1. The second-order valence-electron chi connectivity index (χ2n) is 10.6. The molecule has 1 aliphatic rings. The summed E-state index contributed by atoms with van der Waals surface area (Å²) in [4.78, 5) is 38.0. The number of H-pyrrole nitrogens is 1. The molecule has 2 aromatic rings. The molecule has 1 aromatic heterocycles. The Morgan fingerprint density at radius 2 is 1.92 bits per heavy atom. The topological polar surface area (TPSA) is 178 Å². The van der Waals surface area contributed by atoms with Crippen LogP contribution in [-0.2, 0) is 23.4 Å². The molecule has 3 unspecified atom stereocenters. The molecule has 15 heteroatoms. The molecule has 1 aromatic carbocycles. The highest BCUT2D eigenvalue weighted by atomic mass is 31.2. The molecule has 0 amide bonds. The largest absolute Gasteiger partial charge is 0.464 e. The van der Waals surface area contributed by atoms with E-state index in [-0.39, 0.29) is 17.8 Å². The van der Waals surface area contributed by atoms with Crippen LogP contribution in [0.3, 0.4) is 0 Å². The van der Waals surface area contributed by atoms with E-state index in [1.165, 1.54) is 19.1 Å². The number of nitrogens with one attached hydrogen (secondary N) is 2. The van der Waals surface area contributed by atoms with Gasteiger partial charge in [0.15, 0.2) is 6.23 Å². The fourth-order valence-corrected chi connectivity index (χ4v) is 5.09. The van der Waals surface area contributed by atoms with Crippen LogP contribution in [0.1, 0.15) is 40.8 Å². The third-order valence-electron chi connectivity index (χ3n) is 5.63. The zero-order valence-corrected chi connectivity index (χ0v) is 23.0. The minimum Gasteiger partial charge on any atom is -0.464 e. The number of aromatic amines is 1. The van der Waals surface area contributed by atoms with Crippen molar-refractivity contribution in [3.63, 3.8) is 0 Å². The van der Waals surface area contributed by atoms with Gasteiger partial charge in [-0.3, -0.25) is 23.7 Å². The number of aliphatic hydroxyl groups excluding tert-OH is 1. The molecule has 0 radical (unpaired) electrons. The molecule has 13 nitrogen and oxygen atoms in total. The molecule has 0 bridgehead atoms. The second kappa shape index (κ2) is 11.3. The molecule has 0 aliphatic carbocycles. The smallest absolute Gasteiger partial charge is 0.459 e. The molecule has 1 fully saturated rings. The van der Waals surface area contributed by atoms with Gasteiger partial charge in [0.05, 0.1) is 6.61 Å². The van der Waals surface area contributed by atoms with Crippen LogP contribution in [-0.4, -0.2) is 62.5 Å². The minimum atomic E-state index is -4.57. The summed E-state index contributed by atoms with van der Waals surface area (Å²) in [5.41, 5.74) is -4.52. The molecule has 4 N–H and O–H groups in total.